The lowest BCUT2D eigenvalue weighted by atomic mass is 10.3. The van der Waals surface area contributed by atoms with E-state index in [2.05, 4.69) is 24.3 Å². The highest BCUT2D eigenvalue weighted by atomic mass is 35.5. The van der Waals surface area contributed by atoms with E-state index in [9.17, 15) is 4.39 Å². The van der Waals surface area contributed by atoms with Gasteiger partial charge in [-0.1, -0.05) is 72.3 Å². The molecule has 0 nitrogen and oxygen atoms in total. The maximum atomic E-state index is 13.3. The third-order valence-corrected chi connectivity index (χ3v) is 6.12. The molecule has 0 N–H and O–H groups in total. The number of halogens is 2. The Morgan fingerprint density at radius 3 is 1.71 bits per heavy atom. The quantitative estimate of drug-likeness (QED) is 0.634. The highest BCUT2D eigenvalue weighted by Crippen LogP contribution is 2.35. The van der Waals surface area contributed by atoms with Gasteiger partial charge in [0.15, 0.2) is 0 Å². The zero-order chi connectivity index (χ0) is 14.7. The van der Waals surface area contributed by atoms with E-state index in [1.807, 2.05) is 36.4 Å². The molecule has 104 valence electrons. The van der Waals surface area contributed by atoms with Crippen molar-refractivity contribution >= 4 is 35.4 Å². The molecule has 0 fully saturated rings. The predicted octanol–water partition coefficient (Wildman–Crippen LogP) is 4.24. The van der Waals surface area contributed by atoms with Crippen LogP contribution in [-0.2, 0) is 0 Å². The number of benzene rings is 3. The Kier molecular flexibility index (Phi) is 4.34. The Hall–Kier alpha value is -1.69. The average molecular weight is 315 g/mol. The van der Waals surface area contributed by atoms with E-state index in [-0.39, 0.29) is 5.82 Å². The average Bonchev–Trinajstić information content (AvgIpc) is 2.52. The molecule has 0 aliphatic carbocycles. The van der Waals surface area contributed by atoms with Crippen LogP contribution in [0.5, 0.6) is 0 Å². The second-order valence-corrected chi connectivity index (χ2v) is 7.19. The summed E-state index contributed by atoms with van der Waals surface area (Å²) in [5, 5.41) is 3.86. The summed E-state index contributed by atoms with van der Waals surface area (Å²) in [5.41, 5.74) is 0. The van der Waals surface area contributed by atoms with Gasteiger partial charge in [-0.15, -0.1) is 0 Å². The molecular formula is C18H13ClFP. The van der Waals surface area contributed by atoms with Crippen molar-refractivity contribution in [3.05, 3.63) is 89.7 Å². The van der Waals surface area contributed by atoms with Gasteiger partial charge in [-0.05, 0) is 36.7 Å². The number of hydrogen-bond donors (Lipinski definition) is 0. The second kappa shape index (κ2) is 6.39. The van der Waals surface area contributed by atoms with Crippen molar-refractivity contribution in [2.24, 2.45) is 0 Å². The van der Waals surface area contributed by atoms with Crippen molar-refractivity contribution in [3.8, 4) is 0 Å². The fourth-order valence-corrected chi connectivity index (χ4v) is 4.96. The monoisotopic (exact) mass is 314 g/mol. The van der Waals surface area contributed by atoms with Gasteiger partial charge in [0.05, 0.1) is 5.02 Å². The zero-order valence-corrected chi connectivity index (χ0v) is 12.9. The minimum absolute atomic E-state index is 0.306. The number of hydrogen-bond acceptors (Lipinski definition) is 0. The van der Waals surface area contributed by atoms with Crippen LogP contribution in [0.4, 0.5) is 4.39 Å². The molecule has 0 heterocycles. The Labute approximate surface area is 130 Å². The molecule has 0 spiro atoms. The van der Waals surface area contributed by atoms with Crippen LogP contribution >= 0.6 is 19.5 Å². The van der Waals surface area contributed by atoms with Crippen molar-refractivity contribution in [1.29, 1.82) is 0 Å². The van der Waals surface area contributed by atoms with E-state index in [1.54, 1.807) is 6.07 Å². The Morgan fingerprint density at radius 2 is 1.24 bits per heavy atom. The summed E-state index contributed by atoms with van der Waals surface area (Å²) in [4.78, 5) is 0. The fraction of sp³-hybridized carbons (Fsp3) is 0. The van der Waals surface area contributed by atoms with Gasteiger partial charge < -0.3 is 0 Å². The first-order chi connectivity index (χ1) is 10.3. The van der Waals surface area contributed by atoms with Crippen molar-refractivity contribution in [3.63, 3.8) is 0 Å². The van der Waals surface area contributed by atoms with Crippen LogP contribution in [0.3, 0.4) is 0 Å². The molecule has 0 aromatic heterocycles. The highest BCUT2D eigenvalue weighted by Gasteiger charge is 2.18. The lowest BCUT2D eigenvalue weighted by molar-refractivity contribution is 0.628. The Morgan fingerprint density at radius 1 is 0.714 bits per heavy atom. The first-order valence-corrected chi connectivity index (χ1v) is 8.33. The van der Waals surface area contributed by atoms with Gasteiger partial charge in [-0.3, -0.25) is 0 Å². The molecule has 0 radical (unpaired) electrons. The smallest absolute Gasteiger partial charge is 0.124 e. The SMILES string of the molecule is Fc1ccc(P(c2ccccc2)c2ccccc2)c(Cl)c1. The van der Waals surface area contributed by atoms with Crippen LogP contribution in [-0.4, -0.2) is 0 Å². The summed E-state index contributed by atoms with van der Waals surface area (Å²) in [6.45, 7) is 0. The van der Waals surface area contributed by atoms with E-state index < -0.39 is 7.92 Å². The molecule has 3 aromatic carbocycles. The fourth-order valence-electron chi connectivity index (χ4n) is 2.24. The van der Waals surface area contributed by atoms with Crippen LogP contribution in [0, 0.1) is 5.82 Å². The zero-order valence-electron chi connectivity index (χ0n) is 11.2. The highest BCUT2D eigenvalue weighted by molar-refractivity contribution is 7.80. The molecule has 0 atom stereocenters. The molecule has 3 rings (SSSR count). The molecule has 0 unspecified atom stereocenters. The van der Waals surface area contributed by atoms with Crippen molar-refractivity contribution in [2.45, 2.75) is 0 Å². The minimum Gasteiger partial charge on any atom is -0.207 e. The molecule has 0 aliphatic heterocycles. The third-order valence-electron chi connectivity index (χ3n) is 3.18. The molecule has 21 heavy (non-hydrogen) atoms. The molecule has 3 heteroatoms. The van der Waals surface area contributed by atoms with E-state index in [4.69, 9.17) is 11.6 Å². The molecule has 3 aromatic rings. The van der Waals surface area contributed by atoms with Gasteiger partial charge in [0, 0.05) is 5.30 Å². The molecule has 0 saturated carbocycles. The Bertz CT molecular complexity index is 689. The van der Waals surface area contributed by atoms with E-state index in [0.29, 0.717) is 5.02 Å². The molecule has 0 bridgehead atoms. The molecule has 0 amide bonds. The van der Waals surface area contributed by atoms with E-state index in [1.165, 1.54) is 22.7 Å². The van der Waals surface area contributed by atoms with Gasteiger partial charge in [0.2, 0.25) is 0 Å². The summed E-state index contributed by atoms with van der Waals surface area (Å²) in [7, 11) is -0.778. The third kappa shape index (κ3) is 3.15. The van der Waals surface area contributed by atoms with Gasteiger partial charge in [0.1, 0.15) is 5.82 Å². The summed E-state index contributed by atoms with van der Waals surface area (Å²) >= 11 is 6.30. The van der Waals surface area contributed by atoms with Gasteiger partial charge in [0.25, 0.3) is 0 Å². The van der Waals surface area contributed by atoms with Crippen molar-refractivity contribution in [2.75, 3.05) is 0 Å². The van der Waals surface area contributed by atoms with Gasteiger partial charge in [-0.2, -0.15) is 0 Å². The first-order valence-electron chi connectivity index (χ1n) is 6.61. The van der Waals surface area contributed by atoms with Crippen LogP contribution in [0.1, 0.15) is 0 Å². The largest absolute Gasteiger partial charge is 0.207 e. The van der Waals surface area contributed by atoms with Crippen molar-refractivity contribution < 1.29 is 4.39 Å². The maximum Gasteiger partial charge on any atom is 0.124 e. The lowest BCUT2D eigenvalue weighted by Gasteiger charge is -2.20. The van der Waals surface area contributed by atoms with Crippen LogP contribution in [0.15, 0.2) is 78.9 Å². The minimum atomic E-state index is -0.778. The summed E-state index contributed by atoms with van der Waals surface area (Å²) < 4.78 is 13.3. The van der Waals surface area contributed by atoms with E-state index >= 15 is 0 Å². The topological polar surface area (TPSA) is 0 Å². The second-order valence-electron chi connectivity index (χ2n) is 4.60. The van der Waals surface area contributed by atoms with Gasteiger partial charge in [-0.25, -0.2) is 4.39 Å². The maximum absolute atomic E-state index is 13.3. The lowest BCUT2D eigenvalue weighted by Crippen LogP contribution is -2.21. The first kappa shape index (κ1) is 14.3. The molecule has 0 saturated heterocycles. The van der Waals surface area contributed by atoms with Crippen molar-refractivity contribution in [1.82, 2.24) is 0 Å². The normalized spacial score (nSPS) is 10.8. The Balaban J connectivity index is 2.17. The van der Waals surface area contributed by atoms with Crippen LogP contribution in [0.25, 0.3) is 0 Å². The predicted molar refractivity (Wildman–Crippen MR) is 90.1 cm³/mol. The summed E-state index contributed by atoms with van der Waals surface area (Å²) in [6, 6.07) is 25.1. The standard InChI is InChI=1S/C18H13ClFP/c19-17-13-14(20)11-12-18(17)21(15-7-3-1-4-8-15)16-9-5-2-6-10-16/h1-13H. The van der Waals surface area contributed by atoms with Crippen LogP contribution in [0.2, 0.25) is 5.02 Å². The molecular weight excluding hydrogens is 302 g/mol. The molecule has 0 aliphatic rings. The van der Waals surface area contributed by atoms with Gasteiger partial charge >= 0.3 is 0 Å². The van der Waals surface area contributed by atoms with E-state index in [0.717, 1.165) is 5.30 Å². The van der Waals surface area contributed by atoms with Crippen LogP contribution < -0.4 is 15.9 Å². The summed E-state index contributed by atoms with van der Waals surface area (Å²) in [6.07, 6.45) is 0. The summed E-state index contributed by atoms with van der Waals surface area (Å²) in [5.74, 6) is -0.306. The number of rotatable bonds is 3.